The van der Waals surface area contributed by atoms with Gasteiger partial charge in [-0.2, -0.15) is 10.2 Å². The van der Waals surface area contributed by atoms with Crippen LogP contribution in [0, 0.1) is 10.1 Å². The number of benzene rings is 1. The molecule has 0 atom stereocenters. The SMILES string of the molecule is CCn1cc([N+](=O)[O-])c(C(=O)Nc2cnn(Cc3cccc(Cl)c3)c2)n1. The van der Waals surface area contributed by atoms with Crippen LogP contribution in [0.25, 0.3) is 0 Å². The number of hydrogen-bond donors (Lipinski definition) is 1. The number of aromatic nitrogens is 4. The summed E-state index contributed by atoms with van der Waals surface area (Å²) >= 11 is 5.96. The molecule has 3 aromatic rings. The van der Waals surface area contributed by atoms with Crippen LogP contribution >= 0.6 is 11.6 Å². The molecular weight excluding hydrogens is 360 g/mol. The van der Waals surface area contributed by atoms with Crippen molar-refractivity contribution in [1.29, 1.82) is 0 Å². The summed E-state index contributed by atoms with van der Waals surface area (Å²) in [5, 5.41) is 22.4. The van der Waals surface area contributed by atoms with E-state index in [9.17, 15) is 14.9 Å². The number of nitro groups is 1. The van der Waals surface area contributed by atoms with Crippen molar-refractivity contribution in [3.8, 4) is 0 Å². The van der Waals surface area contributed by atoms with E-state index in [0.717, 1.165) is 5.56 Å². The van der Waals surface area contributed by atoms with Crippen LogP contribution < -0.4 is 5.32 Å². The summed E-state index contributed by atoms with van der Waals surface area (Å²) in [6.45, 7) is 2.67. The van der Waals surface area contributed by atoms with Crippen molar-refractivity contribution in [3.05, 3.63) is 69.3 Å². The summed E-state index contributed by atoms with van der Waals surface area (Å²) in [6, 6.07) is 7.35. The number of aryl methyl sites for hydroxylation is 1. The van der Waals surface area contributed by atoms with Crippen LogP contribution in [0.1, 0.15) is 23.0 Å². The summed E-state index contributed by atoms with van der Waals surface area (Å²) in [7, 11) is 0. The third kappa shape index (κ3) is 3.89. The lowest BCUT2D eigenvalue weighted by Gasteiger charge is -2.02. The summed E-state index contributed by atoms with van der Waals surface area (Å²) in [6.07, 6.45) is 4.32. The minimum atomic E-state index is -0.661. The standard InChI is InChI=1S/C16H15ClN6O3/c1-2-21-10-14(23(25)26)15(20-21)16(24)19-13-7-18-22(9-13)8-11-4-3-5-12(17)6-11/h3-7,9-10H,2,8H2,1H3,(H,19,24). The van der Waals surface area contributed by atoms with Crippen molar-refractivity contribution in [1.82, 2.24) is 19.6 Å². The Hall–Kier alpha value is -3.20. The average molecular weight is 375 g/mol. The normalized spacial score (nSPS) is 10.7. The van der Waals surface area contributed by atoms with E-state index in [1.807, 2.05) is 18.2 Å². The Morgan fingerprint density at radius 3 is 2.85 bits per heavy atom. The molecule has 2 heterocycles. The van der Waals surface area contributed by atoms with Crippen LogP contribution in [-0.2, 0) is 13.1 Å². The molecular formula is C16H15ClN6O3. The average Bonchev–Trinajstić information content (AvgIpc) is 3.21. The summed E-state index contributed by atoms with van der Waals surface area (Å²) in [4.78, 5) is 22.8. The van der Waals surface area contributed by atoms with Crippen molar-refractivity contribution in [3.63, 3.8) is 0 Å². The van der Waals surface area contributed by atoms with Crippen LogP contribution in [0.15, 0.2) is 42.9 Å². The van der Waals surface area contributed by atoms with Crippen molar-refractivity contribution >= 4 is 28.9 Å². The van der Waals surface area contributed by atoms with E-state index < -0.39 is 10.8 Å². The Balaban J connectivity index is 1.74. The number of hydrogen-bond acceptors (Lipinski definition) is 5. The van der Waals surface area contributed by atoms with E-state index in [2.05, 4.69) is 15.5 Å². The minimum Gasteiger partial charge on any atom is -0.318 e. The Morgan fingerprint density at radius 2 is 2.15 bits per heavy atom. The third-order valence-corrected chi connectivity index (χ3v) is 3.84. The van der Waals surface area contributed by atoms with E-state index in [-0.39, 0.29) is 11.4 Å². The number of nitrogens with one attached hydrogen (secondary N) is 1. The second-order valence-corrected chi connectivity index (χ2v) is 5.92. The van der Waals surface area contributed by atoms with Crippen molar-refractivity contribution in [2.75, 3.05) is 5.32 Å². The van der Waals surface area contributed by atoms with Crippen LogP contribution in [0.5, 0.6) is 0 Å². The number of amides is 1. The molecule has 0 fully saturated rings. The van der Waals surface area contributed by atoms with Gasteiger partial charge in [-0.15, -0.1) is 0 Å². The zero-order valence-corrected chi connectivity index (χ0v) is 14.6. The van der Waals surface area contributed by atoms with E-state index in [1.54, 1.807) is 23.9 Å². The highest BCUT2D eigenvalue weighted by atomic mass is 35.5. The highest BCUT2D eigenvalue weighted by molar-refractivity contribution is 6.30. The zero-order chi connectivity index (χ0) is 18.7. The molecule has 134 valence electrons. The highest BCUT2D eigenvalue weighted by Crippen LogP contribution is 2.19. The van der Waals surface area contributed by atoms with Crippen molar-refractivity contribution in [2.24, 2.45) is 0 Å². The fourth-order valence-electron chi connectivity index (χ4n) is 2.40. The van der Waals surface area contributed by atoms with Gasteiger partial charge < -0.3 is 5.32 Å². The summed E-state index contributed by atoms with van der Waals surface area (Å²) in [5.74, 6) is -0.661. The van der Waals surface area contributed by atoms with Gasteiger partial charge in [0.05, 0.1) is 23.4 Å². The lowest BCUT2D eigenvalue weighted by molar-refractivity contribution is -0.385. The van der Waals surface area contributed by atoms with Gasteiger partial charge in [0.25, 0.3) is 5.91 Å². The molecule has 0 aliphatic carbocycles. The van der Waals surface area contributed by atoms with E-state index >= 15 is 0 Å². The van der Waals surface area contributed by atoms with E-state index in [4.69, 9.17) is 11.6 Å². The van der Waals surface area contributed by atoms with Gasteiger partial charge in [-0.25, -0.2) is 0 Å². The van der Waals surface area contributed by atoms with Gasteiger partial charge in [0.2, 0.25) is 5.69 Å². The monoisotopic (exact) mass is 374 g/mol. The number of carbonyl (C=O) groups excluding carboxylic acids is 1. The van der Waals surface area contributed by atoms with E-state index in [0.29, 0.717) is 23.8 Å². The molecule has 1 N–H and O–H groups in total. The minimum absolute atomic E-state index is 0.237. The lowest BCUT2D eigenvalue weighted by Crippen LogP contribution is -2.14. The van der Waals surface area contributed by atoms with Gasteiger partial charge in [-0.1, -0.05) is 23.7 Å². The van der Waals surface area contributed by atoms with E-state index in [1.165, 1.54) is 17.1 Å². The number of halogens is 1. The first-order valence-electron chi connectivity index (χ1n) is 7.76. The Morgan fingerprint density at radius 1 is 1.35 bits per heavy atom. The van der Waals surface area contributed by atoms with Gasteiger partial charge in [-0.05, 0) is 24.6 Å². The van der Waals surface area contributed by atoms with Crippen molar-refractivity contribution < 1.29 is 9.72 Å². The quantitative estimate of drug-likeness (QED) is 0.527. The molecule has 10 heteroatoms. The molecule has 3 rings (SSSR count). The maximum Gasteiger partial charge on any atom is 0.320 e. The van der Waals surface area contributed by atoms with Gasteiger partial charge in [0.1, 0.15) is 6.20 Å². The second-order valence-electron chi connectivity index (χ2n) is 5.49. The fourth-order valence-corrected chi connectivity index (χ4v) is 2.61. The first-order valence-corrected chi connectivity index (χ1v) is 8.14. The molecule has 0 saturated carbocycles. The van der Waals surface area contributed by atoms with Gasteiger partial charge in [0, 0.05) is 17.8 Å². The molecule has 0 aliphatic heterocycles. The van der Waals surface area contributed by atoms with Crippen LogP contribution in [0.3, 0.4) is 0 Å². The maximum atomic E-state index is 12.3. The Labute approximate surface area is 153 Å². The van der Waals surface area contributed by atoms with Crippen LogP contribution in [0.2, 0.25) is 5.02 Å². The second kappa shape index (κ2) is 7.36. The predicted molar refractivity (Wildman–Crippen MR) is 95.3 cm³/mol. The summed E-state index contributed by atoms with van der Waals surface area (Å²) in [5.41, 5.74) is 0.795. The maximum absolute atomic E-state index is 12.3. The third-order valence-electron chi connectivity index (χ3n) is 3.60. The molecule has 9 nitrogen and oxygen atoms in total. The molecule has 0 spiro atoms. The molecule has 0 aliphatic rings. The largest absolute Gasteiger partial charge is 0.320 e. The number of rotatable bonds is 6. The summed E-state index contributed by atoms with van der Waals surface area (Å²) < 4.78 is 2.97. The molecule has 0 bridgehead atoms. The van der Waals surface area contributed by atoms with Gasteiger partial charge in [-0.3, -0.25) is 24.3 Å². The number of nitrogens with zero attached hydrogens (tertiary/aromatic N) is 5. The van der Waals surface area contributed by atoms with Gasteiger partial charge >= 0.3 is 5.69 Å². The van der Waals surface area contributed by atoms with Crippen molar-refractivity contribution in [2.45, 2.75) is 20.0 Å². The van der Waals surface area contributed by atoms with Crippen LogP contribution in [0.4, 0.5) is 11.4 Å². The first-order chi connectivity index (χ1) is 12.5. The smallest absolute Gasteiger partial charge is 0.318 e. The fraction of sp³-hybridized carbons (Fsp3) is 0.188. The Kier molecular flexibility index (Phi) is 4.99. The molecule has 26 heavy (non-hydrogen) atoms. The Bertz CT molecular complexity index is 965. The zero-order valence-electron chi connectivity index (χ0n) is 13.8. The topological polar surface area (TPSA) is 108 Å². The number of carbonyl (C=O) groups is 1. The molecule has 0 unspecified atom stereocenters. The molecule has 2 aromatic heterocycles. The number of anilines is 1. The first kappa shape index (κ1) is 17.6. The predicted octanol–water partition coefficient (Wildman–Crippen LogP) is 2.96. The van der Waals surface area contributed by atoms with Gasteiger partial charge in [0.15, 0.2) is 0 Å². The molecule has 0 saturated heterocycles. The van der Waals surface area contributed by atoms with Crippen LogP contribution in [-0.4, -0.2) is 30.4 Å². The molecule has 1 amide bonds. The lowest BCUT2D eigenvalue weighted by atomic mass is 10.2. The highest BCUT2D eigenvalue weighted by Gasteiger charge is 2.25. The molecule has 1 aromatic carbocycles. The molecule has 0 radical (unpaired) electrons.